The summed E-state index contributed by atoms with van der Waals surface area (Å²) < 4.78 is 99.7. The molecule has 1 saturated heterocycles. The molecule has 0 spiro atoms. The van der Waals surface area contributed by atoms with Crippen molar-refractivity contribution in [1.82, 2.24) is 14.9 Å². The smallest absolute Gasteiger partial charge is 0.549 e. The van der Waals surface area contributed by atoms with Gasteiger partial charge in [0.05, 0.1) is 26.9 Å². The van der Waals surface area contributed by atoms with Gasteiger partial charge in [-0.3, -0.25) is 33.1 Å². The fraction of sp³-hybridized carbons (Fsp3) is 0.409. The maximum atomic E-state index is 12.9. The van der Waals surface area contributed by atoms with E-state index in [4.69, 9.17) is 14.5 Å². The van der Waals surface area contributed by atoms with Crippen LogP contribution >= 0.6 is 24.2 Å². The molecule has 6 rings (SSSR count). The number of aromatic amines is 1. The Morgan fingerprint density at radius 1 is 0.960 bits per heavy atom. The van der Waals surface area contributed by atoms with Crippen LogP contribution in [-0.2, 0) is 58.3 Å². The van der Waals surface area contributed by atoms with Crippen molar-refractivity contribution in [2.24, 2.45) is 0 Å². The van der Waals surface area contributed by atoms with Gasteiger partial charge in [-0.25, -0.2) is 9.36 Å². The molecule has 2 unspecified atom stereocenters. The number of ether oxygens (including phenoxy) is 1. The van der Waals surface area contributed by atoms with Gasteiger partial charge in [0.2, 0.25) is 11.6 Å². The molecule has 3 aliphatic heterocycles. The number of carbonyl (C=O) groups is 1. The van der Waals surface area contributed by atoms with Gasteiger partial charge in [-0.1, -0.05) is 52.8 Å². The summed E-state index contributed by atoms with van der Waals surface area (Å²) in [4.78, 5) is 101. The number of hydrogen-bond acceptors (Lipinski definition) is 19. The number of allylic oxidation sites excluding steroid dienone is 6. The minimum Gasteiger partial charge on any atom is -0.606 e. The average molecular weight is 1150 g/mol. The molecule has 0 radical (unpaired) electrons. The second-order valence-corrected chi connectivity index (χ2v) is 25.6. The van der Waals surface area contributed by atoms with E-state index in [1.54, 1.807) is 12.1 Å². The summed E-state index contributed by atoms with van der Waals surface area (Å²) in [5, 5.41) is 13.2. The van der Waals surface area contributed by atoms with Gasteiger partial charge in [0.15, 0.2) is 5.71 Å². The highest BCUT2D eigenvalue weighted by molar-refractivity contribution is 7.86. The molecule has 1 amide bonds. The zero-order chi connectivity index (χ0) is 55.7. The van der Waals surface area contributed by atoms with Gasteiger partial charge in [0.25, 0.3) is 25.8 Å². The van der Waals surface area contributed by atoms with Crippen LogP contribution in [0.1, 0.15) is 83.2 Å². The summed E-state index contributed by atoms with van der Waals surface area (Å²) in [5.74, 6) is -0.327. The number of phosphoric ester groups is 1. The van der Waals surface area contributed by atoms with Crippen molar-refractivity contribution in [2.75, 3.05) is 31.1 Å². The molecule has 410 valence electrons. The zero-order valence-electron chi connectivity index (χ0n) is 40.8. The highest BCUT2D eigenvalue weighted by Crippen LogP contribution is 2.69. The highest BCUT2D eigenvalue weighted by atomic mass is 32.2. The Balaban J connectivity index is 1.07. The number of unbranched alkanes of at least 4 members (excludes halogenated alkanes) is 1. The lowest BCUT2D eigenvalue weighted by atomic mass is 9.81. The largest absolute Gasteiger partial charge is 0.606 e. The van der Waals surface area contributed by atoms with E-state index in [2.05, 4.69) is 28.3 Å². The van der Waals surface area contributed by atoms with Crippen molar-refractivity contribution in [3.8, 4) is 0 Å². The molecule has 5 atom stereocenters. The van der Waals surface area contributed by atoms with Gasteiger partial charge >= 0.3 is 29.9 Å². The van der Waals surface area contributed by atoms with Gasteiger partial charge in [0.1, 0.15) is 25.5 Å². The number of aromatic nitrogens is 2. The summed E-state index contributed by atoms with van der Waals surface area (Å²) in [6.45, 7) is 9.72. The third kappa shape index (κ3) is 14.6. The number of likely N-dealkylation sites (N-methyl/N-ethyl adjacent to an activating group) is 1. The van der Waals surface area contributed by atoms with E-state index in [9.17, 15) is 69.6 Å². The molecule has 9 N–H and O–H groups in total. The van der Waals surface area contributed by atoms with E-state index in [0.717, 1.165) is 33.4 Å². The van der Waals surface area contributed by atoms with Crippen LogP contribution in [0.15, 0.2) is 104 Å². The molecular formula is C44H57N5O21P3S2+. The first-order chi connectivity index (χ1) is 34.6. The summed E-state index contributed by atoms with van der Waals surface area (Å²) in [7, 11) is -25.9. The fourth-order valence-corrected chi connectivity index (χ4v) is 13.0. The van der Waals surface area contributed by atoms with Crippen molar-refractivity contribution >= 4 is 73.5 Å². The number of hydrogen-bond donors (Lipinski definition) is 9. The van der Waals surface area contributed by atoms with Crippen LogP contribution in [0.25, 0.3) is 6.08 Å². The minimum atomic E-state index is -5.81. The van der Waals surface area contributed by atoms with E-state index in [-0.39, 0.29) is 40.6 Å². The average Bonchev–Trinajstić information content (AvgIpc) is 3.83. The molecule has 1 fully saturated rings. The maximum absolute atomic E-state index is 12.9. The van der Waals surface area contributed by atoms with Crippen LogP contribution in [0, 0.1) is 0 Å². The molecule has 0 aliphatic carbocycles. The predicted octanol–water partition coefficient (Wildman–Crippen LogP) is 2.07. The van der Waals surface area contributed by atoms with E-state index in [1.165, 1.54) is 36.4 Å². The molecule has 75 heavy (non-hydrogen) atoms. The molecule has 3 aromatic rings. The lowest BCUT2D eigenvalue weighted by Crippen LogP contribution is -2.33. The predicted molar refractivity (Wildman–Crippen MR) is 268 cm³/mol. The van der Waals surface area contributed by atoms with Crippen molar-refractivity contribution in [3.05, 3.63) is 122 Å². The number of aliphatic hydroxyl groups is 1. The number of nitrogens with zero attached hydrogens (tertiary/aromatic N) is 3. The molecule has 0 bridgehead atoms. The monoisotopic (exact) mass is 1150 g/mol. The quantitative estimate of drug-likeness (QED) is 0.0229. The number of nitrogens with one attached hydrogen (secondary N) is 2. The number of carbonyl (C=O) groups excluding carboxylic acids is 1. The van der Waals surface area contributed by atoms with Crippen LogP contribution in [0.4, 0.5) is 11.4 Å². The SMILES string of the molecule is CCN1C(=CC=CC=CC2=[N+](CCCCC(=O)NC/C=C/c3cn([C@H]4C[C@H](O)[C@@H](CO[P+]([O-])(O)OP(=O)(O)O[P+]([O-])(O)O)O4)c(=O)[nH]c3=O)c3ccc(S(=O)(=O)O)cc3C2(C)C)C(C)(C)c2cc(S(=O)(=O)O)ccc21. The van der Waals surface area contributed by atoms with E-state index >= 15 is 0 Å². The first kappa shape index (κ1) is 59.7. The Kier molecular flexibility index (Phi) is 18.2. The molecule has 1 aromatic heterocycles. The number of anilines is 1. The molecule has 4 heterocycles. The Hall–Kier alpha value is -4.51. The van der Waals surface area contributed by atoms with Crippen molar-refractivity contribution in [1.29, 1.82) is 0 Å². The molecule has 26 nitrogen and oxygen atoms in total. The number of phosphoric acid groups is 3. The first-order valence-electron chi connectivity index (χ1n) is 22.8. The molecule has 2 aromatic carbocycles. The second kappa shape index (κ2) is 22.8. The van der Waals surface area contributed by atoms with Gasteiger partial charge in [-0.05, 0) is 69.2 Å². The summed E-state index contributed by atoms with van der Waals surface area (Å²) in [5.41, 5.74) is 1.44. The van der Waals surface area contributed by atoms with Gasteiger partial charge in [-0.15, -0.1) is 0 Å². The summed E-state index contributed by atoms with van der Waals surface area (Å²) in [6.07, 6.45) is 9.70. The number of fused-ring (bicyclic) bond motifs is 2. The standard InChI is InChI=1S/C44H56N5O21P3S2/c1-6-47-33-19-17-29(74(61,62)63)23-31(33)43(2,3)37(47)14-8-7-9-15-38-44(4,5)32-24-30(75(64,65)66)18-20-34(32)48(38)22-11-10-16-39(51)45-21-12-13-28-26-49(42(53)46-41(28)52)40-25-35(50)36(68-40)27-67-72(57,58)70-73(59,60)69-71(54,55)56/h7-9,12-15,17-20,23-24,26,35-36,40,50H,6,10-11,16,21-22,25,27H2,1-5H3,(H7-,45,46,51,52,53,54,55,56,57,58,59,60,61,62,63,64,65,66)/p+1/b13-12+/t35-,36+,40+/m0/s1. The van der Waals surface area contributed by atoms with E-state index < -0.39 is 91.5 Å². The normalized spacial score (nSPS) is 21.9. The van der Waals surface area contributed by atoms with Crippen LogP contribution in [0.3, 0.4) is 0 Å². The van der Waals surface area contributed by atoms with E-state index in [1.807, 2.05) is 69.6 Å². The number of H-pyrrole nitrogens is 1. The topological polar surface area (TPSA) is 400 Å². The van der Waals surface area contributed by atoms with Crippen LogP contribution in [0.2, 0.25) is 0 Å². The third-order valence-electron chi connectivity index (χ3n) is 12.4. The summed E-state index contributed by atoms with van der Waals surface area (Å²) >= 11 is 0. The second-order valence-electron chi connectivity index (χ2n) is 18.4. The van der Waals surface area contributed by atoms with Crippen molar-refractivity contribution < 1.29 is 92.2 Å². The number of amides is 1. The van der Waals surface area contributed by atoms with Crippen molar-refractivity contribution in [2.45, 2.75) is 99.4 Å². The Labute approximate surface area is 431 Å². The zero-order valence-corrected chi connectivity index (χ0v) is 45.1. The number of benzene rings is 2. The molecule has 31 heteroatoms. The molecule has 3 aliphatic rings. The first-order valence-corrected chi connectivity index (χ1v) is 30.2. The van der Waals surface area contributed by atoms with Crippen LogP contribution in [0.5, 0.6) is 0 Å². The Morgan fingerprint density at radius 2 is 1.61 bits per heavy atom. The van der Waals surface area contributed by atoms with Gasteiger partial charge in [-0.2, -0.15) is 40.6 Å². The number of aliphatic hydroxyl groups excluding tert-OH is 1. The fourth-order valence-electron chi connectivity index (χ4n) is 8.91. The van der Waals surface area contributed by atoms with Crippen LogP contribution in [-0.4, -0.2) is 115 Å². The summed E-state index contributed by atoms with van der Waals surface area (Å²) in [6, 6.07) is 8.90. The molecular weight excluding hydrogens is 1090 g/mol. The van der Waals surface area contributed by atoms with Crippen LogP contribution < -0.4 is 31.3 Å². The van der Waals surface area contributed by atoms with Gasteiger partial charge in [0, 0.05) is 73.1 Å². The van der Waals surface area contributed by atoms with E-state index in [0.29, 0.717) is 37.2 Å². The Bertz CT molecular complexity index is 3250. The maximum Gasteiger partial charge on any atom is 0.549 e. The lowest BCUT2D eigenvalue weighted by molar-refractivity contribution is -0.438. The minimum absolute atomic E-state index is 0.0364. The highest BCUT2D eigenvalue weighted by Gasteiger charge is 2.49. The third-order valence-corrected chi connectivity index (χ3v) is 17.9. The van der Waals surface area contributed by atoms with Gasteiger partial charge < -0.3 is 29.8 Å². The molecule has 0 saturated carbocycles. The number of rotatable bonds is 22. The lowest BCUT2D eigenvalue weighted by Gasteiger charge is -2.25. The van der Waals surface area contributed by atoms with Crippen molar-refractivity contribution in [3.63, 3.8) is 0 Å². The Morgan fingerprint density at radius 3 is 2.25 bits per heavy atom.